The standard InChI is InChI=1S/C45H52F3N9O4.2H2/c1-44(10-11-44)61-37-20-30-33(21-32(37)46)52-53-41(30)34-22-38(50-26-49-34)56-16-6-27(7-17-56)23-45(48)12-18-54(19-13-45)24-28-8-14-55(15-9-28)35-3-2-29-31(40(35)47)25-57(43(29)60)36-4-5-39(58)51-42(36)59;;/h2-3,20-22,26-28,36H,4-19,23-25H2,1H3,(H,52,53)(H,51,58,59);2*1H. The molecule has 2 aromatic carbocycles. The molecule has 0 spiro atoms. The number of hydrogen-bond acceptors (Lipinski definition) is 10. The molecule has 3 amide bonds. The van der Waals surface area contributed by atoms with Crippen molar-refractivity contribution in [2.75, 3.05) is 55.6 Å². The Morgan fingerprint density at radius 1 is 0.885 bits per heavy atom. The second-order valence-electron chi connectivity index (χ2n) is 18.6. The van der Waals surface area contributed by atoms with E-state index >= 15 is 8.78 Å². The molecular weight excluding hydrogens is 788 g/mol. The van der Waals surface area contributed by atoms with E-state index in [4.69, 9.17) is 4.74 Å². The first-order valence-electron chi connectivity index (χ1n) is 22.0. The van der Waals surface area contributed by atoms with Crippen molar-refractivity contribution >= 4 is 40.1 Å². The van der Waals surface area contributed by atoms with Gasteiger partial charge in [-0.1, -0.05) is 0 Å². The molecule has 6 aliphatic rings. The van der Waals surface area contributed by atoms with Crippen molar-refractivity contribution in [3.63, 3.8) is 0 Å². The number of H-pyrrole nitrogens is 1. The predicted molar refractivity (Wildman–Crippen MR) is 226 cm³/mol. The summed E-state index contributed by atoms with van der Waals surface area (Å²) in [4.78, 5) is 54.4. The third kappa shape index (κ3) is 7.91. The lowest BCUT2D eigenvalue weighted by molar-refractivity contribution is -0.136. The molecule has 4 saturated heterocycles. The van der Waals surface area contributed by atoms with E-state index in [2.05, 4.69) is 35.3 Å². The van der Waals surface area contributed by atoms with E-state index in [9.17, 15) is 18.8 Å². The lowest BCUT2D eigenvalue weighted by Crippen LogP contribution is -2.52. The highest BCUT2D eigenvalue weighted by atomic mass is 19.1. The summed E-state index contributed by atoms with van der Waals surface area (Å²) in [6.45, 7) is 7.31. The first-order valence-corrected chi connectivity index (χ1v) is 22.0. The molecule has 1 saturated carbocycles. The Morgan fingerprint density at radius 3 is 2.36 bits per heavy atom. The predicted octanol–water partition coefficient (Wildman–Crippen LogP) is 6.81. The molecular formula is C45H56F3N9O4. The van der Waals surface area contributed by atoms with Gasteiger partial charge in [-0.25, -0.2) is 23.1 Å². The van der Waals surface area contributed by atoms with Gasteiger partial charge in [0.05, 0.1) is 23.4 Å². The first kappa shape index (κ1) is 39.9. The van der Waals surface area contributed by atoms with Gasteiger partial charge in [-0.3, -0.25) is 24.8 Å². The minimum absolute atomic E-state index is 0. The summed E-state index contributed by atoms with van der Waals surface area (Å²) in [6, 6.07) is 7.61. The van der Waals surface area contributed by atoms with Crippen LogP contribution < -0.4 is 19.9 Å². The number of halogens is 3. The molecule has 5 aliphatic heterocycles. The van der Waals surface area contributed by atoms with Crippen LogP contribution in [0.4, 0.5) is 24.7 Å². The molecule has 1 aliphatic carbocycles. The lowest BCUT2D eigenvalue weighted by atomic mass is 9.80. The molecule has 4 aromatic rings. The highest BCUT2D eigenvalue weighted by molar-refractivity contribution is 6.05. The Morgan fingerprint density at radius 2 is 1.62 bits per heavy atom. The van der Waals surface area contributed by atoms with Crippen LogP contribution >= 0.6 is 0 Å². The van der Waals surface area contributed by atoms with Crippen LogP contribution in [0.25, 0.3) is 22.3 Å². The summed E-state index contributed by atoms with van der Waals surface area (Å²) >= 11 is 0. The topological polar surface area (TPSA) is 140 Å². The number of likely N-dealkylation sites (tertiary alicyclic amines) is 1. The van der Waals surface area contributed by atoms with Crippen molar-refractivity contribution in [2.24, 2.45) is 11.8 Å². The highest BCUT2D eigenvalue weighted by Gasteiger charge is 2.43. The van der Waals surface area contributed by atoms with Crippen molar-refractivity contribution in [1.29, 1.82) is 0 Å². The van der Waals surface area contributed by atoms with Gasteiger partial charge in [0, 0.05) is 83.7 Å². The fraction of sp³-hybridized carbons (Fsp3) is 0.556. The van der Waals surface area contributed by atoms with Crippen LogP contribution in [0.1, 0.15) is 96.3 Å². The Balaban J connectivity index is 0.00000272. The van der Waals surface area contributed by atoms with Crippen LogP contribution in [0.15, 0.2) is 36.7 Å². The van der Waals surface area contributed by atoms with Crippen LogP contribution in [0.3, 0.4) is 0 Å². The SMILES string of the molecule is CC1(Oc2cc3c(-c4cc(N5CCC(CC6(F)CCN(CC7CCN(c8ccc9c(c8F)CN(C8CCC(=O)NC8=O)C9=O)CC7)CC6)CC5)ncn4)n[nH]c3cc2F)CC1.[HH].[HH]. The normalized spacial score (nSPS) is 23.4. The number of nitrogens with zero attached hydrogens (tertiary/aromatic N) is 7. The zero-order valence-corrected chi connectivity index (χ0v) is 34.5. The zero-order valence-electron chi connectivity index (χ0n) is 34.5. The van der Waals surface area contributed by atoms with Crippen molar-refractivity contribution in [2.45, 2.75) is 101 Å². The van der Waals surface area contributed by atoms with Crippen LogP contribution in [-0.2, 0) is 16.1 Å². The quantitative estimate of drug-likeness (QED) is 0.164. The Labute approximate surface area is 355 Å². The van der Waals surface area contributed by atoms with Gasteiger partial charge in [0.25, 0.3) is 5.91 Å². The van der Waals surface area contributed by atoms with Gasteiger partial charge in [0.2, 0.25) is 11.8 Å². The van der Waals surface area contributed by atoms with Crippen LogP contribution in [0.5, 0.6) is 5.75 Å². The number of benzene rings is 2. The van der Waals surface area contributed by atoms with E-state index in [-0.39, 0.29) is 51.0 Å². The third-order valence-electron chi connectivity index (χ3n) is 14.3. The van der Waals surface area contributed by atoms with E-state index in [0.29, 0.717) is 72.3 Å². The van der Waals surface area contributed by atoms with Crippen molar-refractivity contribution < 1.29 is 35.1 Å². The van der Waals surface area contributed by atoms with E-state index in [1.807, 2.05) is 17.9 Å². The fourth-order valence-corrected chi connectivity index (χ4v) is 10.3. The summed E-state index contributed by atoms with van der Waals surface area (Å²) in [5.74, 6) is -0.326. The van der Waals surface area contributed by atoms with Gasteiger partial charge in [-0.05, 0) is 101 Å². The summed E-state index contributed by atoms with van der Waals surface area (Å²) in [5.41, 5.74) is 1.41. The average molecular weight is 844 g/mol. The van der Waals surface area contributed by atoms with Crippen molar-refractivity contribution in [3.8, 4) is 17.1 Å². The monoisotopic (exact) mass is 843 g/mol. The molecule has 0 radical (unpaired) electrons. The molecule has 326 valence electrons. The van der Waals surface area contributed by atoms with E-state index in [1.54, 1.807) is 18.2 Å². The number of amides is 3. The van der Waals surface area contributed by atoms with E-state index in [0.717, 1.165) is 82.5 Å². The van der Waals surface area contributed by atoms with Crippen molar-refractivity contribution in [3.05, 3.63) is 59.4 Å². The van der Waals surface area contributed by atoms with Crippen molar-refractivity contribution in [1.82, 2.24) is 35.3 Å². The summed E-state index contributed by atoms with van der Waals surface area (Å²) < 4.78 is 53.1. The number of alkyl halides is 1. The number of aromatic nitrogens is 4. The molecule has 1 atom stereocenters. The number of anilines is 2. The van der Waals surface area contributed by atoms with Gasteiger partial charge in [-0.2, -0.15) is 5.10 Å². The number of ether oxygens (including phenoxy) is 1. The molecule has 7 heterocycles. The lowest BCUT2D eigenvalue weighted by Gasteiger charge is -2.42. The minimum atomic E-state index is -1.17. The second kappa shape index (κ2) is 15.6. The number of piperidine rings is 4. The average Bonchev–Trinajstić information content (AvgIpc) is 3.69. The van der Waals surface area contributed by atoms with Crippen LogP contribution in [-0.4, -0.2) is 111 Å². The van der Waals surface area contributed by atoms with Gasteiger partial charge in [0.15, 0.2) is 17.4 Å². The van der Waals surface area contributed by atoms with E-state index in [1.165, 1.54) is 17.3 Å². The molecule has 61 heavy (non-hydrogen) atoms. The molecule has 2 N–H and O–H groups in total. The minimum Gasteiger partial charge on any atom is -0.484 e. The fourth-order valence-electron chi connectivity index (χ4n) is 10.3. The number of aromatic amines is 1. The number of hydrogen-bond donors (Lipinski definition) is 2. The molecule has 10 rings (SSSR count). The smallest absolute Gasteiger partial charge is 0.255 e. The van der Waals surface area contributed by atoms with Gasteiger partial charge < -0.3 is 24.3 Å². The molecule has 1 unspecified atom stereocenters. The summed E-state index contributed by atoms with van der Waals surface area (Å²) in [6.07, 6.45) is 8.93. The largest absolute Gasteiger partial charge is 0.484 e. The number of imide groups is 1. The van der Waals surface area contributed by atoms with Crippen LogP contribution in [0.2, 0.25) is 0 Å². The highest BCUT2D eigenvalue weighted by Crippen LogP contribution is 2.43. The maximum atomic E-state index is 16.4. The molecule has 13 nitrogen and oxygen atoms in total. The molecule has 16 heteroatoms. The Hall–Kier alpha value is -5.25. The maximum absolute atomic E-state index is 16.4. The third-order valence-corrected chi connectivity index (χ3v) is 14.3. The number of carbonyl (C=O) groups is 3. The first-order chi connectivity index (χ1) is 29.4. The molecule has 2 aromatic heterocycles. The summed E-state index contributed by atoms with van der Waals surface area (Å²) in [5, 5.41) is 10.4. The number of fused-ring (bicyclic) bond motifs is 2. The zero-order chi connectivity index (χ0) is 42.0. The van der Waals surface area contributed by atoms with Gasteiger partial charge >= 0.3 is 0 Å². The van der Waals surface area contributed by atoms with Gasteiger partial charge in [0.1, 0.15) is 35.2 Å². The second-order valence-corrected chi connectivity index (χ2v) is 18.6. The number of nitrogens with one attached hydrogen (secondary N) is 2. The number of carbonyl (C=O) groups excluding carboxylic acids is 3. The summed E-state index contributed by atoms with van der Waals surface area (Å²) in [7, 11) is 0. The Kier molecular flexibility index (Phi) is 10.2. The van der Waals surface area contributed by atoms with E-state index < -0.39 is 29.3 Å². The number of rotatable bonds is 10. The van der Waals surface area contributed by atoms with Gasteiger partial charge in [-0.15, -0.1) is 0 Å². The molecule has 5 fully saturated rings. The van der Waals surface area contributed by atoms with Crippen LogP contribution in [0, 0.1) is 23.5 Å². The molecule has 0 bridgehead atoms. The maximum Gasteiger partial charge on any atom is 0.255 e. The Bertz CT molecular complexity index is 2380.